The summed E-state index contributed by atoms with van der Waals surface area (Å²) in [6.07, 6.45) is 0.315. The minimum absolute atomic E-state index is 0.00664. The van der Waals surface area contributed by atoms with Gasteiger partial charge < -0.3 is 9.55 Å². The lowest BCUT2D eigenvalue weighted by molar-refractivity contribution is -0.137. The van der Waals surface area contributed by atoms with Crippen LogP contribution in [0.3, 0.4) is 0 Å². The van der Waals surface area contributed by atoms with E-state index in [0.29, 0.717) is 11.2 Å². The van der Waals surface area contributed by atoms with E-state index in [1.807, 2.05) is 0 Å². The van der Waals surface area contributed by atoms with Gasteiger partial charge in [0.1, 0.15) is 5.69 Å². The van der Waals surface area contributed by atoms with E-state index in [1.165, 1.54) is 10.5 Å². The molecule has 29 heavy (non-hydrogen) atoms. The quantitative estimate of drug-likeness (QED) is 0.474. The average molecular weight is 401 g/mol. The predicted octanol–water partition coefficient (Wildman–Crippen LogP) is 1.62. The van der Waals surface area contributed by atoms with Crippen molar-refractivity contribution in [3.63, 3.8) is 0 Å². The molecule has 0 radical (unpaired) electrons. The first-order valence-corrected chi connectivity index (χ1v) is 8.26. The van der Waals surface area contributed by atoms with Crippen molar-refractivity contribution in [2.45, 2.75) is 12.7 Å². The highest BCUT2D eigenvalue weighted by Crippen LogP contribution is 2.31. The van der Waals surface area contributed by atoms with Crippen molar-refractivity contribution < 1.29 is 13.2 Å². The van der Waals surface area contributed by atoms with Crippen molar-refractivity contribution >= 4 is 16.7 Å². The van der Waals surface area contributed by atoms with Gasteiger partial charge in [-0.3, -0.25) is 9.20 Å². The van der Waals surface area contributed by atoms with Gasteiger partial charge in [-0.1, -0.05) is 0 Å². The van der Waals surface area contributed by atoms with Crippen molar-refractivity contribution in [1.29, 1.82) is 0 Å². The van der Waals surface area contributed by atoms with E-state index < -0.39 is 17.3 Å². The number of benzene rings is 1. The van der Waals surface area contributed by atoms with Crippen molar-refractivity contribution in [3.05, 3.63) is 58.5 Å². The minimum Gasteiger partial charge on any atom is -0.331 e. The number of alkyl halides is 3. The molecule has 0 aliphatic heterocycles. The molecule has 0 saturated heterocycles. The summed E-state index contributed by atoms with van der Waals surface area (Å²) in [5.74, 6) is 0.156. The largest absolute Gasteiger partial charge is 0.416 e. The fourth-order valence-electron chi connectivity index (χ4n) is 3.19. The lowest BCUT2D eigenvalue weighted by Gasteiger charge is -2.10. The molecule has 0 atom stereocenters. The number of tetrazole rings is 1. The van der Waals surface area contributed by atoms with Crippen molar-refractivity contribution in [2.24, 2.45) is 0 Å². The van der Waals surface area contributed by atoms with Gasteiger partial charge in [-0.25, -0.2) is 9.97 Å². The summed E-state index contributed by atoms with van der Waals surface area (Å²) in [5.41, 5.74) is -0.341. The van der Waals surface area contributed by atoms with Crippen LogP contribution in [0, 0.1) is 0 Å². The van der Waals surface area contributed by atoms with Crippen molar-refractivity contribution in [3.8, 4) is 11.5 Å². The van der Waals surface area contributed by atoms with Gasteiger partial charge in [-0.05, 0) is 23.4 Å². The standard InChI is InChI=1S/C16H10F3N9O/c17-16(18,19)8-1-2-10-9(5-8)21-15(29)14-22-12(13-23-25-26-24-13)11(28(10)14)6-27-4-3-20-7-27/h1-5,7H,6H2,(H,21,29)(H,23,24,25,26). The smallest absolute Gasteiger partial charge is 0.331 e. The molecule has 0 bridgehead atoms. The minimum atomic E-state index is -4.54. The third-order valence-electron chi connectivity index (χ3n) is 4.44. The molecule has 0 unspecified atom stereocenters. The van der Waals surface area contributed by atoms with Crippen LogP contribution < -0.4 is 5.56 Å². The summed E-state index contributed by atoms with van der Waals surface area (Å²) in [6.45, 7) is 0.227. The Hall–Kier alpha value is -4.03. The Bertz CT molecular complexity index is 1380. The zero-order valence-electron chi connectivity index (χ0n) is 14.3. The second-order valence-corrected chi connectivity index (χ2v) is 6.22. The second kappa shape index (κ2) is 5.98. The number of aromatic nitrogens is 9. The number of imidazole rings is 2. The van der Waals surface area contributed by atoms with Gasteiger partial charge in [0, 0.05) is 12.4 Å². The molecule has 0 saturated carbocycles. The van der Waals surface area contributed by atoms with Gasteiger partial charge in [0.25, 0.3) is 5.56 Å². The first-order valence-electron chi connectivity index (χ1n) is 8.26. The Morgan fingerprint density at radius 1 is 1.21 bits per heavy atom. The number of halogens is 3. The van der Waals surface area contributed by atoms with Crippen LogP contribution in [0.5, 0.6) is 0 Å². The van der Waals surface area contributed by atoms with E-state index >= 15 is 0 Å². The Kier molecular flexibility index (Phi) is 3.53. The van der Waals surface area contributed by atoms with Crippen LogP contribution >= 0.6 is 0 Å². The summed E-state index contributed by atoms with van der Waals surface area (Å²) < 4.78 is 42.5. The van der Waals surface area contributed by atoms with Crippen LogP contribution in [0.25, 0.3) is 28.2 Å². The zero-order valence-corrected chi connectivity index (χ0v) is 14.3. The maximum atomic E-state index is 13.1. The molecule has 146 valence electrons. The van der Waals surface area contributed by atoms with Crippen LogP contribution in [0.1, 0.15) is 11.3 Å². The Balaban J connectivity index is 1.86. The molecule has 1 aromatic carbocycles. The normalized spacial score (nSPS) is 12.2. The van der Waals surface area contributed by atoms with Gasteiger partial charge in [-0.2, -0.15) is 18.4 Å². The number of fused-ring (bicyclic) bond motifs is 3. The molecule has 4 heterocycles. The van der Waals surface area contributed by atoms with E-state index in [4.69, 9.17) is 0 Å². The summed E-state index contributed by atoms with van der Waals surface area (Å²) in [7, 11) is 0. The van der Waals surface area contributed by atoms with Crippen molar-refractivity contribution in [1.82, 2.24) is 44.5 Å². The average Bonchev–Trinajstić information content (AvgIpc) is 3.42. The van der Waals surface area contributed by atoms with Gasteiger partial charge >= 0.3 is 6.18 Å². The van der Waals surface area contributed by atoms with Crippen LogP contribution in [0.4, 0.5) is 13.2 Å². The summed E-state index contributed by atoms with van der Waals surface area (Å²) >= 11 is 0. The monoisotopic (exact) mass is 401 g/mol. The van der Waals surface area contributed by atoms with Crippen LogP contribution in [-0.4, -0.2) is 44.5 Å². The van der Waals surface area contributed by atoms with Crippen LogP contribution in [0.15, 0.2) is 41.7 Å². The Morgan fingerprint density at radius 3 is 2.76 bits per heavy atom. The Labute approximate surface area is 158 Å². The fourth-order valence-corrected chi connectivity index (χ4v) is 3.19. The van der Waals surface area contributed by atoms with Gasteiger partial charge in [0.05, 0.1) is 35.2 Å². The van der Waals surface area contributed by atoms with E-state index in [0.717, 1.165) is 12.1 Å². The Morgan fingerprint density at radius 2 is 2.07 bits per heavy atom. The molecule has 4 aromatic heterocycles. The number of H-pyrrole nitrogens is 2. The van der Waals surface area contributed by atoms with E-state index in [-0.39, 0.29) is 29.2 Å². The van der Waals surface area contributed by atoms with Gasteiger partial charge in [0.15, 0.2) is 0 Å². The molecule has 10 nitrogen and oxygen atoms in total. The van der Waals surface area contributed by atoms with E-state index in [2.05, 4.69) is 35.6 Å². The predicted molar refractivity (Wildman–Crippen MR) is 92.8 cm³/mol. The van der Waals surface area contributed by atoms with Gasteiger partial charge in [0.2, 0.25) is 11.5 Å². The molecule has 5 aromatic rings. The number of hydrogen-bond acceptors (Lipinski definition) is 6. The molecular weight excluding hydrogens is 391 g/mol. The van der Waals surface area contributed by atoms with Gasteiger partial charge in [-0.15, -0.1) is 10.2 Å². The number of hydrogen-bond donors (Lipinski definition) is 2. The maximum absolute atomic E-state index is 13.1. The number of rotatable bonds is 3. The molecule has 2 N–H and O–H groups in total. The molecule has 5 rings (SSSR count). The second-order valence-electron chi connectivity index (χ2n) is 6.22. The number of nitrogens with zero attached hydrogens (tertiary/aromatic N) is 7. The lowest BCUT2D eigenvalue weighted by atomic mass is 10.2. The molecular formula is C16H10F3N9O. The summed E-state index contributed by atoms with van der Waals surface area (Å²) in [6, 6.07) is 3.14. The summed E-state index contributed by atoms with van der Waals surface area (Å²) in [5, 5.41) is 13.7. The lowest BCUT2D eigenvalue weighted by Crippen LogP contribution is -2.14. The number of aromatic amines is 2. The molecule has 0 fully saturated rings. The zero-order chi connectivity index (χ0) is 20.2. The summed E-state index contributed by atoms with van der Waals surface area (Å²) in [4.78, 5) is 23.4. The fraction of sp³-hybridized carbons (Fsp3) is 0.125. The van der Waals surface area contributed by atoms with Crippen LogP contribution in [-0.2, 0) is 12.7 Å². The van der Waals surface area contributed by atoms with E-state index in [1.54, 1.807) is 23.3 Å². The highest BCUT2D eigenvalue weighted by Gasteiger charge is 2.31. The molecule has 13 heteroatoms. The van der Waals surface area contributed by atoms with Crippen molar-refractivity contribution in [2.75, 3.05) is 0 Å². The first kappa shape index (κ1) is 17.1. The molecule has 0 aliphatic rings. The third-order valence-corrected chi connectivity index (χ3v) is 4.44. The first-order chi connectivity index (χ1) is 13.9. The molecule has 0 spiro atoms. The third kappa shape index (κ3) is 2.74. The highest BCUT2D eigenvalue weighted by molar-refractivity contribution is 5.80. The highest BCUT2D eigenvalue weighted by atomic mass is 19.4. The number of nitrogens with one attached hydrogen (secondary N) is 2. The van der Waals surface area contributed by atoms with E-state index in [9.17, 15) is 18.0 Å². The molecule has 0 aliphatic carbocycles. The SMILES string of the molecule is O=c1[nH]c2cc(C(F)(F)F)ccc2n2c(Cn3ccnc3)c(-c3nn[nH]n3)nc12. The molecule has 0 amide bonds. The topological polar surface area (TPSA) is 122 Å². The van der Waals surface area contributed by atoms with Crippen LogP contribution in [0.2, 0.25) is 0 Å². The maximum Gasteiger partial charge on any atom is 0.416 e.